The van der Waals surface area contributed by atoms with Crippen molar-refractivity contribution in [1.29, 1.82) is 0 Å². The fraction of sp³-hybridized carbons (Fsp3) is 0.517. The maximum absolute atomic E-state index is 12.6. The molecule has 9 heteroatoms. The number of anilines is 2. The summed E-state index contributed by atoms with van der Waals surface area (Å²) >= 11 is 12.6. The Balaban J connectivity index is 1.21. The molecule has 0 aromatic heterocycles. The molecule has 0 radical (unpaired) electrons. The molecule has 38 heavy (non-hydrogen) atoms. The van der Waals surface area contributed by atoms with Crippen molar-refractivity contribution in [1.82, 2.24) is 4.90 Å². The van der Waals surface area contributed by atoms with Crippen LogP contribution in [-0.4, -0.2) is 62.8 Å². The van der Waals surface area contributed by atoms with E-state index in [2.05, 4.69) is 9.80 Å². The van der Waals surface area contributed by atoms with Gasteiger partial charge in [0.25, 0.3) is 0 Å². The van der Waals surface area contributed by atoms with E-state index in [9.17, 15) is 9.59 Å². The lowest BCUT2D eigenvalue weighted by atomic mass is 10.0. The number of halogens is 2. The molecule has 1 atom stereocenters. The lowest BCUT2D eigenvalue weighted by Crippen LogP contribution is -2.46. The van der Waals surface area contributed by atoms with Gasteiger partial charge in [0.2, 0.25) is 5.91 Å². The number of ether oxygens (including phenoxy) is 2. The van der Waals surface area contributed by atoms with Crippen LogP contribution in [0.1, 0.15) is 45.1 Å². The molecular weight excluding hydrogens is 525 g/mol. The summed E-state index contributed by atoms with van der Waals surface area (Å²) in [6, 6.07) is 11.6. The second kappa shape index (κ2) is 13.5. The van der Waals surface area contributed by atoms with Gasteiger partial charge < -0.3 is 14.4 Å². The highest BCUT2D eigenvalue weighted by atomic mass is 35.5. The van der Waals surface area contributed by atoms with E-state index in [0.717, 1.165) is 68.3 Å². The van der Waals surface area contributed by atoms with Crippen molar-refractivity contribution < 1.29 is 19.1 Å². The molecule has 7 nitrogen and oxygen atoms in total. The lowest BCUT2D eigenvalue weighted by molar-refractivity contribution is -0.148. The summed E-state index contributed by atoms with van der Waals surface area (Å²) in [5.74, 6) is 0.219. The zero-order chi connectivity index (χ0) is 27.1. The zero-order valence-corrected chi connectivity index (χ0v) is 23.8. The zero-order valence-electron chi connectivity index (χ0n) is 22.3. The summed E-state index contributed by atoms with van der Waals surface area (Å²) in [6.07, 6.45) is 3.77. The average molecular weight is 563 g/mol. The van der Waals surface area contributed by atoms with Gasteiger partial charge in [0.05, 0.1) is 33.9 Å². The fourth-order valence-corrected chi connectivity index (χ4v) is 5.18. The van der Waals surface area contributed by atoms with Gasteiger partial charge >= 0.3 is 5.97 Å². The molecule has 0 spiro atoms. The molecule has 2 aromatic carbocycles. The van der Waals surface area contributed by atoms with Crippen LogP contribution in [0.5, 0.6) is 5.75 Å². The van der Waals surface area contributed by atoms with E-state index >= 15 is 0 Å². The molecule has 1 unspecified atom stereocenters. The maximum Gasteiger partial charge on any atom is 0.310 e. The first-order valence-electron chi connectivity index (χ1n) is 13.5. The average Bonchev–Trinajstić information content (AvgIpc) is 2.93. The number of aryl methyl sites for hydroxylation is 1. The Hall–Kier alpha value is -2.48. The Bertz CT molecular complexity index is 1120. The van der Waals surface area contributed by atoms with Crippen LogP contribution < -0.4 is 14.5 Å². The van der Waals surface area contributed by atoms with Gasteiger partial charge in [-0.05, 0) is 56.0 Å². The number of carbonyl (C=O) groups excluding carboxylic acids is 2. The molecule has 2 heterocycles. The second-order valence-electron chi connectivity index (χ2n) is 9.97. The SMILES string of the molecule is CCC(C)C(=O)OCN1C(=O)CCc2ccc(OCCCCN3CCN(c4cccc(Cl)c4Cl)CC3)cc21. The first-order valence-corrected chi connectivity index (χ1v) is 14.3. The number of carbonyl (C=O) groups is 2. The van der Waals surface area contributed by atoms with Crippen molar-refractivity contribution in [2.75, 3.05) is 55.9 Å². The molecule has 4 rings (SSSR count). The quantitative estimate of drug-likeness (QED) is 0.255. The van der Waals surface area contributed by atoms with Gasteiger partial charge in [0.1, 0.15) is 5.75 Å². The molecule has 2 aromatic rings. The fourth-order valence-electron chi connectivity index (χ4n) is 4.76. The first kappa shape index (κ1) is 28.5. The molecule has 0 aliphatic carbocycles. The third-order valence-electron chi connectivity index (χ3n) is 7.39. The van der Waals surface area contributed by atoms with Gasteiger partial charge in [-0.25, -0.2) is 0 Å². The van der Waals surface area contributed by atoms with Gasteiger partial charge in [-0.3, -0.25) is 19.4 Å². The number of benzene rings is 2. The van der Waals surface area contributed by atoms with Crippen LogP contribution >= 0.6 is 23.2 Å². The summed E-state index contributed by atoms with van der Waals surface area (Å²) in [5, 5.41) is 1.22. The minimum absolute atomic E-state index is 0.0377. The number of nitrogens with zero attached hydrogens (tertiary/aromatic N) is 3. The van der Waals surface area contributed by atoms with Gasteiger partial charge in [0, 0.05) is 38.7 Å². The number of piperazine rings is 1. The van der Waals surface area contributed by atoms with Crippen LogP contribution in [0.4, 0.5) is 11.4 Å². The van der Waals surface area contributed by atoms with Crippen LogP contribution in [-0.2, 0) is 20.7 Å². The number of hydrogen-bond acceptors (Lipinski definition) is 6. The van der Waals surface area contributed by atoms with Crippen LogP contribution in [0, 0.1) is 5.92 Å². The van der Waals surface area contributed by atoms with Crippen molar-refractivity contribution in [2.45, 2.75) is 46.0 Å². The van der Waals surface area contributed by atoms with Crippen LogP contribution in [0.15, 0.2) is 36.4 Å². The van der Waals surface area contributed by atoms with Gasteiger partial charge in [-0.15, -0.1) is 0 Å². The Kier molecular flexibility index (Phi) is 10.2. The summed E-state index contributed by atoms with van der Waals surface area (Å²) in [5.41, 5.74) is 2.84. The van der Waals surface area contributed by atoms with E-state index in [1.807, 2.05) is 50.2 Å². The minimum Gasteiger partial charge on any atom is -0.494 e. The molecule has 1 saturated heterocycles. The van der Waals surface area contributed by atoms with Crippen LogP contribution in [0.2, 0.25) is 10.0 Å². The normalized spacial score (nSPS) is 16.8. The molecular formula is C29H37Cl2N3O4. The van der Waals surface area contributed by atoms with E-state index in [-0.39, 0.29) is 24.5 Å². The van der Waals surface area contributed by atoms with Gasteiger partial charge in [0.15, 0.2) is 6.73 Å². The Labute approximate surface area is 235 Å². The largest absolute Gasteiger partial charge is 0.494 e. The van der Waals surface area contributed by atoms with Crippen molar-refractivity contribution >= 4 is 46.5 Å². The highest BCUT2D eigenvalue weighted by molar-refractivity contribution is 6.43. The molecule has 206 valence electrons. The number of fused-ring (bicyclic) bond motifs is 1. The lowest BCUT2D eigenvalue weighted by Gasteiger charge is -2.36. The highest BCUT2D eigenvalue weighted by Crippen LogP contribution is 2.33. The maximum atomic E-state index is 12.6. The molecule has 1 amide bonds. The van der Waals surface area contributed by atoms with E-state index in [1.165, 1.54) is 0 Å². The van der Waals surface area contributed by atoms with E-state index < -0.39 is 0 Å². The summed E-state index contributed by atoms with van der Waals surface area (Å²) in [7, 11) is 0. The third-order valence-corrected chi connectivity index (χ3v) is 8.20. The van der Waals surface area contributed by atoms with E-state index in [0.29, 0.717) is 35.9 Å². The van der Waals surface area contributed by atoms with Crippen molar-refractivity contribution in [3.8, 4) is 5.75 Å². The highest BCUT2D eigenvalue weighted by Gasteiger charge is 2.26. The molecule has 0 saturated carbocycles. The minimum atomic E-state index is -0.283. The molecule has 2 aliphatic heterocycles. The molecule has 1 fully saturated rings. The Morgan fingerprint density at radius 3 is 2.58 bits per heavy atom. The van der Waals surface area contributed by atoms with E-state index in [4.69, 9.17) is 32.7 Å². The van der Waals surface area contributed by atoms with Gasteiger partial charge in [-0.2, -0.15) is 0 Å². The molecule has 0 bridgehead atoms. The molecule has 0 N–H and O–H groups in total. The topological polar surface area (TPSA) is 62.3 Å². The molecule has 2 aliphatic rings. The smallest absolute Gasteiger partial charge is 0.310 e. The van der Waals surface area contributed by atoms with E-state index in [1.54, 1.807) is 4.90 Å². The predicted molar refractivity (Wildman–Crippen MR) is 153 cm³/mol. The van der Waals surface area contributed by atoms with Gasteiger partial charge in [-0.1, -0.05) is 49.2 Å². The standard InChI is InChI=1S/C29H37Cl2N3O4/c1-3-21(2)29(36)38-20-34-26-19-23(11-9-22(26)10-12-27(34)35)37-18-5-4-13-32-14-16-33(17-15-32)25-8-6-7-24(30)28(25)31/h6-9,11,19,21H,3-5,10,12-18,20H2,1-2H3. The summed E-state index contributed by atoms with van der Waals surface area (Å²) in [6.45, 7) is 9.16. The predicted octanol–water partition coefficient (Wildman–Crippen LogP) is 5.80. The number of hydrogen-bond donors (Lipinski definition) is 0. The summed E-state index contributed by atoms with van der Waals surface area (Å²) < 4.78 is 11.4. The van der Waals surface area contributed by atoms with Crippen LogP contribution in [0.25, 0.3) is 0 Å². The number of unbranched alkanes of at least 4 members (excludes halogenated alkanes) is 1. The third kappa shape index (κ3) is 7.13. The van der Waals surface area contributed by atoms with Crippen molar-refractivity contribution in [3.05, 3.63) is 52.0 Å². The van der Waals surface area contributed by atoms with Crippen LogP contribution in [0.3, 0.4) is 0 Å². The van der Waals surface area contributed by atoms with Crippen molar-refractivity contribution in [3.63, 3.8) is 0 Å². The Morgan fingerprint density at radius 1 is 1.03 bits per heavy atom. The number of rotatable bonds is 11. The monoisotopic (exact) mass is 561 g/mol. The number of esters is 1. The summed E-state index contributed by atoms with van der Waals surface area (Å²) in [4.78, 5) is 31.0. The Morgan fingerprint density at radius 2 is 1.82 bits per heavy atom. The number of amides is 1. The van der Waals surface area contributed by atoms with Crippen molar-refractivity contribution in [2.24, 2.45) is 5.92 Å². The first-order chi connectivity index (χ1) is 18.4. The second-order valence-corrected chi connectivity index (χ2v) is 10.8.